The summed E-state index contributed by atoms with van der Waals surface area (Å²) in [6.07, 6.45) is 3.02. The third kappa shape index (κ3) is 3.40. The predicted octanol–water partition coefficient (Wildman–Crippen LogP) is 1.90. The lowest BCUT2D eigenvalue weighted by molar-refractivity contribution is 0.902. The maximum absolute atomic E-state index is 5.47. The molecule has 3 nitrogen and oxygen atoms in total. The molecule has 1 atom stereocenters. The molecule has 0 saturated heterocycles. The molecular formula is C9H17N3S. The number of H-pyrrole nitrogens is 1. The minimum absolute atomic E-state index is 0.543. The highest BCUT2D eigenvalue weighted by atomic mass is 32.2. The largest absolute Gasteiger partial charge is 0.344 e. The van der Waals surface area contributed by atoms with Crippen molar-refractivity contribution in [3.8, 4) is 0 Å². The van der Waals surface area contributed by atoms with Gasteiger partial charge in [0.1, 0.15) is 5.82 Å². The van der Waals surface area contributed by atoms with Crippen molar-refractivity contribution in [1.29, 1.82) is 0 Å². The molecule has 0 amide bonds. The van der Waals surface area contributed by atoms with Crippen molar-refractivity contribution in [1.82, 2.24) is 9.97 Å². The van der Waals surface area contributed by atoms with Crippen LogP contribution in [0, 0.1) is 0 Å². The Hall–Kier alpha value is -0.480. The van der Waals surface area contributed by atoms with Crippen LogP contribution >= 0.6 is 11.8 Å². The number of hydrogen-bond acceptors (Lipinski definition) is 3. The van der Waals surface area contributed by atoms with Crippen LogP contribution in [-0.2, 0) is 12.3 Å². The zero-order valence-electron chi connectivity index (χ0n) is 8.21. The normalized spacial score (nSPS) is 13.2. The minimum atomic E-state index is 0.543. The second kappa shape index (κ2) is 5.29. The number of rotatable bonds is 5. The van der Waals surface area contributed by atoms with Gasteiger partial charge in [-0.25, -0.2) is 4.98 Å². The Morgan fingerprint density at radius 3 is 3.00 bits per heavy atom. The Labute approximate surface area is 83.5 Å². The maximum atomic E-state index is 5.47. The molecule has 13 heavy (non-hydrogen) atoms. The molecule has 1 aromatic heterocycles. The van der Waals surface area contributed by atoms with Crippen LogP contribution < -0.4 is 5.73 Å². The second-order valence-electron chi connectivity index (χ2n) is 3.09. The average molecular weight is 199 g/mol. The van der Waals surface area contributed by atoms with E-state index in [0.717, 1.165) is 17.3 Å². The molecule has 1 unspecified atom stereocenters. The first-order valence-corrected chi connectivity index (χ1v) is 5.65. The van der Waals surface area contributed by atoms with Crippen LogP contribution in [-0.4, -0.2) is 15.2 Å². The first-order chi connectivity index (χ1) is 6.26. The van der Waals surface area contributed by atoms with E-state index in [2.05, 4.69) is 23.8 Å². The summed E-state index contributed by atoms with van der Waals surface area (Å²) in [4.78, 5) is 7.42. The number of hydrogen-bond donors (Lipinski definition) is 2. The number of thioether (sulfide) groups is 1. The predicted molar refractivity (Wildman–Crippen MR) is 57.5 cm³/mol. The summed E-state index contributed by atoms with van der Waals surface area (Å²) in [5.41, 5.74) is 6.48. The molecule has 0 aliphatic rings. The Morgan fingerprint density at radius 2 is 2.46 bits per heavy atom. The number of nitrogens with zero attached hydrogens (tertiary/aromatic N) is 1. The average Bonchev–Trinajstić information content (AvgIpc) is 2.61. The van der Waals surface area contributed by atoms with Gasteiger partial charge in [-0.1, -0.05) is 13.8 Å². The lowest BCUT2D eigenvalue weighted by Gasteiger charge is -2.05. The topological polar surface area (TPSA) is 54.7 Å². The van der Waals surface area contributed by atoms with Crippen LogP contribution in [0.2, 0.25) is 0 Å². The van der Waals surface area contributed by atoms with Crippen molar-refractivity contribution in [2.45, 2.75) is 37.8 Å². The fourth-order valence-corrected chi connectivity index (χ4v) is 1.75. The van der Waals surface area contributed by atoms with Gasteiger partial charge in [0.2, 0.25) is 0 Å². The maximum Gasteiger partial charge on any atom is 0.116 e. The molecule has 3 N–H and O–H groups in total. The standard InChI is InChI=1S/C9H17N3S/c1-3-7(2)13-6-9-11-5-8(4-10)12-9/h5,7H,3-4,6,10H2,1-2H3,(H,11,12). The molecule has 0 bridgehead atoms. The fourth-order valence-electron chi connectivity index (χ4n) is 0.922. The monoisotopic (exact) mass is 199 g/mol. The van der Waals surface area contributed by atoms with E-state index >= 15 is 0 Å². The summed E-state index contributed by atoms with van der Waals surface area (Å²) < 4.78 is 0. The minimum Gasteiger partial charge on any atom is -0.344 e. The highest BCUT2D eigenvalue weighted by molar-refractivity contribution is 7.99. The third-order valence-electron chi connectivity index (χ3n) is 1.98. The molecule has 0 radical (unpaired) electrons. The van der Waals surface area contributed by atoms with E-state index < -0.39 is 0 Å². The zero-order chi connectivity index (χ0) is 9.68. The van der Waals surface area contributed by atoms with Gasteiger partial charge in [-0.2, -0.15) is 11.8 Å². The molecule has 1 heterocycles. The SMILES string of the molecule is CCC(C)SCc1ncc(CN)[nH]1. The van der Waals surface area contributed by atoms with Crippen molar-refractivity contribution in [3.63, 3.8) is 0 Å². The van der Waals surface area contributed by atoms with Crippen molar-refractivity contribution in [3.05, 3.63) is 17.7 Å². The molecule has 0 saturated carbocycles. The van der Waals surface area contributed by atoms with Gasteiger partial charge >= 0.3 is 0 Å². The van der Waals surface area contributed by atoms with E-state index in [1.165, 1.54) is 6.42 Å². The lowest BCUT2D eigenvalue weighted by Crippen LogP contribution is -1.97. The van der Waals surface area contributed by atoms with Crippen LogP contribution in [0.25, 0.3) is 0 Å². The summed E-state index contributed by atoms with van der Waals surface area (Å²) in [5.74, 6) is 1.99. The van der Waals surface area contributed by atoms with Gasteiger partial charge in [-0.3, -0.25) is 0 Å². The molecule has 0 fully saturated rings. The summed E-state index contributed by atoms with van der Waals surface area (Å²) in [6, 6.07) is 0. The number of aromatic amines is 1. The van der Waals surface area contributed by atoms with Crippen LogP contribution in [0.1, 0.15) is 31.8 Å². The van der Waals surface area contributed by atoms with E-state index in [0.29, 0.717) is 11.8 Å². The smallest absolute Gasteiger partial charge is 0.116 e. The summed E-state index contributed by atoms with van der Waals surface area (Å²) in [7, 11) is 0. The lowest BCUT2D eigenvalue weighted by atomic mass is 10.4. The van der Waals surface area contributed by atoms with Gasteiger partial charge in [-0.05, 0) is 6.42 Å². The van der Waals surface area contributed by atoms with E-state index in [1.54, 1.807) is 0 Å². The van der Waals surface area contributed by atoms with Crippen LogP contribution in [0.4, 0.5) is 0 Å². The molecule has 74 valence electrons. The van der Waals surface area contributed by atoms with Gasteiger partial charge < -0.3 is 10.7 Å². The van der Waals surface area contributed by atoms with Gasteiger partial charge in [0.05, 0.1) is 5.75 Å². The quantitative estimate of drug-likeness (QED) is 0.761. The second-order valence-corrected chi connectivity index (χ2v) is 4.52. The third-order valence-corrected chi connectivity index (χ3v) is 3.32. The summed E-state index contributed by atoms with van der Waals surface area (Å²) in [6.45, 7) is 4.98. The number of imidazole rings is 1. The van der Waals surface area contributed by atoms with Crippen molar-refractivity contribution in [2.75, 3.05) is 0 Å². The molecule has 1 rings (SSSR count). The van der Waals surface area contributed by atoms with Gasteiger partial charge in [0.25, 0.3) is 0 Å². The van der Waals surface area contributed by atoms with Crippen molar-refractivity contribution < 1.29 is 0 Å². The van der Waals surface area contributed by atoms with Crippen LogP contribution in [0.5, 0.6) is 0 Å². The van der Waals surface area contributed by atoms with Crippen LogP contribution in [0.3, 0.4) is 0 Å². The number of aromatic nitrogens is 2. The Bertz CT molecular complexity index is 247. The molecule has 0 aliphatic carbocycles. The number of nitrogens with two attached hydrogens (primary N) is 1. The van der Waals surface area contributed by atoms with Crippen LogP contribution in [0.15, 0.2) is 6.20 Å². The van der Waals surface area contributed by atoms with Gasteiger partial charge in [-0.15, -0.1) is 0 Å². The summed E-state index contributed by atoms with van der Waals surface area (Å²) >= 11 is 1.92. The summed E-state index contributed by atoms with van der Waals surface area (Å²) in [5, 5.41) is 0.700. The Morgan fingerprint density at radius 1 is 1.69 bits per heavy atom. The van der Waals surface area contributed by atoms with Gasteiger partial charge in [0.15, 0.2) is 0 Å². The van der Waals surface area contributed by atoms with Gasteiger partial charge in [0, 0.05) is 23.7 Å². The number of nitrogens with one attached hydrogen (secondary N) is 1. The molecule has 0 spiro atoms. The van der Waals surface area contributed by atoms with E-state index in [1.807, 2.05) is 18.0 Å². The van der Waals surface area contributed by atoms with E-state index in [4.69, 9.17) is 5.73 Å². The molecular weight excluding hydrogens is 182 g/mol. The van der Waals surface area contributed by atoms with E-state index in [9.17, 15) is 0 Å². The zero-order valence-corrected chi connectivity index (χ0v) is 9.03. The highest BCUT2D eigenvalue weighted by Gasteiger charge is 2.02. The first kappa shape index (κ1) is 10.6. The molecule has 4 heteroatoms. The molecule has 1 aromatic rings. The Balaban J connectivity index is 2.36. The molecule has 0 aromatic carbocycles. The first-order valence-electron chi connectivity index (χ1n) is 4.60. The highest BCUT2D eigenvalue weighted by Crippen LogP contribution is 2.17. The molecule has 0 aliphatic heterocycles. The Kier molecular flexibility index (Phi) is 4.32. The fraction of sp³-hybridized carbons (Fsp3) is 0.667. The van der Waals surface area contributed by atoms with Crippen molar-refractivity contribution in [2.24, 2.45) is 5.73 Å². The van der Waals surface area contributed by atoms with Crippen molar-refractivity contribution >= 4 is 11.8 Å². The van der Waals surface area contributed by atoms with E-state index in [-0.39, 0.29) is 0 Å².